The summed E-state index contributed by atoms with van der Waals surface area (Å²) in [6.45, 7) is 0. The fourth-order valence-corrected chi connectivity index (χ4v) is 2.76. The van der Waals surface area contributed by atoms with Crippen LogP contribution in [0.1, 0.15) is 0 Å². The Hall–Kier alpha value is -3.05. The second-order valence-corrected chi connectivity index (χ2v) is 5.88. The zero-order valence-corrected chi connectivity index (χ0v) is 13.6. The van der Waals surface area contributed by atoms with Crippen LogP contribution in [0.2, 0.25) is 5.02 Å². The van der Waals surface area contributed by atoms with Crippen molar-refractivity contribution in [3.8, 4) is 16.9 Å². The Kier molecular flexibility index (Phi) is 3.78. The Labute approximate surface area is 147 Å². The third kappa shape index (κ3) is 2.79. The van der Waals surface area contributed by atoms with Gasteiger partial charge in [0.15, 0.2) is 0 Å². The van der Waals surface area contributed by atoms with Gasteiger partial charge in [0.1, 0.15) is 17.0 Å². The highest BCUT2D eigenvalue weighted by Gasteiger charge is 2.14. The van der Waals surface area contributed by atoms with Crippen molar-refractivity contribution in [1.82, 2.24) is 14.8 Å². The summed E-state index contributed by atoms with van der Waals surface area (Å²) in [6.07, 6.45) is 1.62. The second-order valence-electron chi connectivity index (χ2n) is 5.45. The van der Waals surface area contributed by atoms with Gasteiger partial charge in [-0.15, -0.1) is 0 Å². The van der Waals surface area contributed by atoms with Crippen LogP contribution in [-0.4, -0.2) is 14.8 Å². The van der Waals surface area contributed by atoms with E-state index in [9.17, 15) is 9.18 Å². The Bertz CT molecular complexity index is 1120. The molecule has 0 spiro atoms. The lowest BCUT2D eigenvalue weighted by molar-refractivity contribution is 0.626. The molecule has 25 heavy (non-hydrogen) atoms. The van der Waals surface area contributed by atoms with Crippen LogP contribution in [0.3, 0.4) is 0 Å². The summed E-state index contributed by atoms with van der Waals surface area (Å²) in [4.78, 5) is 17.1. The van der Waals surface area contributed by atoms with E-state index in [0.717, 1.165) is 5.56 Å². The zero-order valence-electron chi connectivity index (χ0n) is 12.9. The van der Waals surface area contributed by atoms with E-state index < -0.39 is 0 Å². The minimum Gasteiger partial charge on any atom is -0.267 e. The van der Waals surface area contributed by atoms with Gasteiger partial charge in [0.25, 0.3) is 5.56 Å². The van der Waals surface area contributed by atoms with E-state index in [0.29, 0.717) is 27.3 Å². The molecule has 0 amide bonds. The van der Waals surface area contributed by atoms with Crippen molar-refractivity contribution in [3.05, 3.63) is 88.1 Å². The third-order valence-corrected chi connectivity index (χ3v) is 4.10. The second kappa shape index (κ2) is 6.11. The molecule has 4 nitrogen and oxygen atoms in total. The molecule has 0 aliphatic carbocycles. The molecule has 0 aliphatic heterocycles. The lowest BCUT2D eigenvalue weighted by Gasteiger charge is -2.10. The maximum absolute atomic E-state index is 13.2. The smallest absolute Gasteiger partial charge is 0.267 e. The molecule has 0 aliphatic rings. The van der Waals surface area contributed by atoms with Crippen LogP contribution in [0.25, 0.3) is 27.8 Å². The molecular weight excluding hydrogens is 341 g/mol. The zero-order chi connectivity index (χ0) is 17.4. The molecule has 6 heteroatoms. The van der Waals surface area contributed by atoms with Crippen molar-refractivity contribution in [1.29, 1.82) is 0 Å². The molecule has 2 aromatic heterocycles. The van der Waals surface area contributed by atoms with Crippen LogP contribution in [0.15, 0.2) is 71.7 Å². The van der Waals surface area contributed by atoms with Gasteiger partial charge in [-0.3, -0.25) is 9.78 Å². The number of hydrogen-bond acceptors (Lipinski definition) is 3. The van der Waals surface area contributed by atoms with Crippen LogP contribution in [0.4, 0.5) is 4.39 Å². The fourth-order valence-electron chi connectivity index (χ4n) is 2.63. The van der Waals surface area contributed by atoms with Crippen molar-refractivity contribution in [2.75, 3.05) is 0 Å². The first kappa shape index (κ1) is 15.5. The lowest BCUT2D eigenvalue weighted by atomic mass is 10.1. The van der Waals surface area contributed by atoms with Gasteiger partial charge in [0.2, 0.25) is 0 Å². The molecule has 0 saturated heterocycles. The third-order valence-electron chi connectivity index (χ3n) is 3.84. The predicted octanol–water partition coefficient (Wildman–Crippen LogP) is 4.24. The van der Waals surface area contributed by atoms with E-state index in [1.807, 2.05) is 12.1 Å². The highest BCUT2D eigenvalue weighted by Crippen LogP contribution is 2.25. The Morgan fingerprint density at radius 1 is 0.960 bits per heavy atom. The fraction of sp³-hybridized carbons (Fsp3) is 0. The molecule has 4 rings (SSSR count). The largest absolute Gasteiger partial charge is 0.280 e. The summed E-state index contributed by atoms with van der Waals surface area (Å²) in [5.74, 6) is -0.378. The summed E-state index contributed by atoms with van der Waals surface area (Å²) in [5, 5.41) is 5.52. The molecule has 2 aromatic carbocycles. The van der Waals surface area contributed by atoms with Gasteiger partial charge in [-0.05, 0) is 48.5 Å². The Balaban J connectivity index is 2.05. The average molecular weight is 352 g/mol. The molecule has 0 unspecified atom stereocenters. The minimum atomic E-state index is -0.378. The Morgan fingerprint density at radius 2 is 1.68 bits per heavy atom. The molecule has 4 aromatic rings. The molecule has 0 N–H and O–H groups in total. The van der Waals surface area contributed by atoms with Gasteiger partial charge in [-0.1, -0.05) is 23.7 Å². The standard InChI is InChI=1S/C19H11ClFN3O/c20-13-5-3-12(4-6-13)17-18-16(2-1-11-22-18)19(25)24(23-17)15-9-7-14(21)8-10-15/h1-11H. The van der Waals surface area contributed by atoms with Crippen molar-refractivity contribution in [2.45, 2.75) is 0 Å². The number of hydrogen-bond donors (Lipinski definition) is 0. The summed E-state index contributed by atoms with van der Waals surface area (Å²) >= 11 is 5.96. The molecule has 0 saturated carbocycles. The summed E-state index contributed by atoms with van der Waals surface area (Å²) in [6, 6.07) is 16.1. The number of benzene rings is 2. The van der Waals surface area contributed by atoms with E-state index in [1.165, 1.54) is 28.9 Å². The Morgan fingerprint density at radius 3 is 2.40 bits per heavy atom. The number of fused-ring (bicyclic) bond motifs is 1. The summed E-state index contributed by atoms with van der Waals surface area (Å²) in [5.41, 5.74) is 2.01. The van der Waals surface area contributed by atoms with E-state index in [2.05, 4.69) is 10.1 Å². The van der Waals surface area contributed by atoms with Crippen LogP contribution in [-0.2, 0) is 0 Å². The van der Waals surface area contributed by atoms with E-state index in [-0.39, 0.29) is 11.4 Å². The van der Waals surface area contributed by atoms with Gasteiger partial charge in [-0.2, -0.15) is 9.78 Å². The summed E-state index contributed by atoms with van der Waals surface area (Å²) < 4.78 is 14.5. The topological polar surface area (TPSA) is 47.8 Å². The average Bonchev–Trinajstić information content (AvgIpc) is 2.64. The first-order valence-corrected chi connectivity index (χ1v) is 7.91. The van der Waals surface area contributed by atoms with Crippen LogP contribution < -0.4 is 5.56 Å². The molecular formula is C19H11ClFN3O. The van der Waals surface area contributed by atoms with Gasteiger partial charge in [-0.25, -0.2) is 4.39 Å². The van der Waals surface area contributed by atoms with Crippen LogP contribution in [0.5, 0.6) is 0 Å². The highest BCUT2D eigenvalue weighted by molar-refractivity contribution is 6.30. The maximum atomic E-state index is 13.2. The van der Waals surface area contributed by atoms with Crippen LogP contribution >= 0.6 is 11.6 Å². The summed E-state index contributed by atoms with van der Waals surface area (Å²) in [7, 11) is 0. The maximum Gasteiger partial charge on any atom is 0.280 e. The molecule has 0 atom stereocenters. The normalized spacial score (nSPS) is 11.0. The number of aromatic nitrogens is 3. The van der Waals surface area contributed by atoms with Gasteiger partial charge < -0.3 is 0 Å². The van der Waals surface area contributed by atoms with Crippen molar-refractivity contribution < 1.29 is 4.39 Å². The number of rotatable bonds is 2. The number of pyridine rings is 1. The lowest BCUT2D eigenvalue weighted by Crippen LogP contribution is -2.22. The van der Waals surface area contributed by atoms with Gasteiger partial charge in [0.05, 0.1) is 11.1 Å². The molecule has 2 heterocycles. The van der Waals surface area contributed by atoms with Crippen molar-refractivity contribution >= 4 is 22.5 Å². The van der Waals surface area contributed by atoms with E-state index in [4.69, 9.17) is 11.6 Å². The first-order chi connectivity index (χ1) is 12.1. The molecule has 0 fully saturated rings. The minimum absolute atomic E-state index is 0.313. The molecule has 0 radical (unpaired) electrons. The van der Waals surface area contributed by atoms with Gasteiger partial charge in [0, 0.05) is 16.8 Å². The monoisotopic (exact) mass is 351 g/mol. The number of nitrogens with zero attached hydrogens (tertiary/aromatic N) is 3. The van der Waals surface area contributed by atoms with E-state index in [1.54, 1.807) is 30.5 Å². The van der Waals surface area contributed by atoms with Crippen molar-refractivity contribution in [3.63, 3.8) is 0 Å². The first-order valence-electron chi connectivity index (χ1n) is 7.53. The van der Waals surface area contributed by atoms with Crippen molar-refractivity contribution in [2.24, 2.45) is 0 Å². The quantitative estimate of drug-likeness (QED) is 0.542. The van der Waals surface area contributed by atoms with Crippen LogP contribution in [0, 0.1) is 5.82 Å². The molecule has 122 valence electrons. The highest BCUT2D eigenvalue weighted by atomic mass is 35.5. The predicted molar refractivity (Wildman–Crippen MR) is 95.5 cm³/mol. The SMILES string of the molecule is O=c1c2cccnc2c(-c2ccc(Cl)cc2)nn1-c1ccc(F)cc1. The molecule has 0 bridgehead atoms. The van der Waals surface area contributed by atoms with Gasteiger partial charge >= 0.3 is 0 Å². The van der Waals surface area contributed by atoms with E-state index >= 15 is 0 Å². The number of halogens is 2.